The first-order chi connectivity index (χ1) is 7.70. The lowest BCUT2D eigenvalue weighted by atomic mass is 9.96. The molecular weight excluding hydrogens is 198 g/mol. The number of fused-ring (bicyclic) bond motifs is 1. The maximum Gasteiger partial charge on any atom is 0.0725 e. The molecule has 0 bridgehead atoms. The van der Waals surface area contributed by atoms with Crippen molar-refractivity contribution in [1.29, 1.82) is 0 Å². The van der Waals surface area contributed by atoms with Crippen LogP contribution >= 0.6 is 0 Å². The molecule has 86 valence electrons. The van der Waals surface area contributed by atoms with Gasteiger partial charge >= 0.3 is 0 Å². The Kier molecular flexibility index (Phi) is 3.42. The Morgan fingerprint density at radius 3 is 2.94 bits per heavy atom. The molecular formula is C14H19NO. The van der Waals surface area contributed by atoms with E-state index in [0.29, 0.717) is 0 Å². The van der Waals surface area contributed by atoms with Gasteiger partial charge in [0, 0.05) is 6.04 Å². The highest BCUT2D eigenvalue weighted by molar-refractivity contribution is 5.34. The van der Waals surface area contributed by atoms with E-state index in [-0.39, 0.29) is 6.04 Å². The van der Waals surface area contributed by atoms with Gasteiger partial charge in [-0.25, -0.2) is 0 Å². The minimum Gasteiger partial charge on any atom is -0.372 e. The first-order valence-corrected chi connectivity index (χ1v) is 5.82. The van der Waals surface area contributed by atoms with Crippen LogP contribution in [0.3, 0.4) is 0 Å². The van der Waals surface area contributed by atoms with Crippen LogP contribution < -0.4 is 5.73 Å². The lowest BCUT2D eigenvalue weighted by Gasteiger charge is -2.14. The highest BCUT2D eigenvalue weighted by Crippen LogP contribution is 2.25. The summed E-state index contributed by atoms with van der Waals surface area (Å²) in [5.41, 5.74) is 11.2. The van der Waals surface area contributed by atoms with Gasteiger partial charge in [-0.05, 0) is 29.5 Å². The number of hydrogen-bond acceptors (Lipinski definition) is 2. The van der Waals surface area contributed by atoms with E-state index in [1.165, 1.54) is 22.3 Å². The van der Waals surface area contributed by atoms with Gasteiger partial charge in [0.2, 0.25) is 0 Å². The second kappa shape index (κ2) is 4.81. The first-order valence-electron chi connectivity index (χ1n) is 5.82. The number of ether oxygens (including phenoxy) is 1. The van der Waals surface area contributed by atoms with Crippen molar-refractivity contribution in [3.63, 3.8) is 0 Å². The second-order valence-electron chi connectivity index (χ2n) is 4.44. The van der Waals surface area contributed by atoms with Crippen molar-refractivity contribution in [2.75, 3.05) is 0 Å². The number of rotatable bonds is 4. The fraction of sp³-hybridized carbons (Fsp3) is 0.429. The summed E-state index contributed by atoms with van der Waals surface area (Å²) in [6, 6.07) is 6.49. The minimum atomic E-state index is 0.0679. The Morgan fingerprint density at radius 2 is 2.19 bits per heavy atom. The van der Waals surface area contributed by atoms with Crippen LogP contribution in [0.1, 0.15) is 42.5 Å². The van der Waals surface area contributed by atoms with Gasteiger partial charge in [0.25, 0.3) is 0 Å². The molecule has 0 aliphatic carbocycles. The number of benzene rings is 1. The van der Waals surface area contributed by atoms with Gasteiger partial charge in [0.05, 0.1) is 13.2 Å². The second-order valence-corrected chi connectivity index (χ2v) is 4.44. The normalized spacial score (nSPS) is 15.9. The van der Waals surface area contributed by atoms with Crippen LogP contribution in [0.5, 0.6) is 0 Å². The Morgan fingerprint density at radius 1 is 1.44 bits per heavy atom. The van der Waals surface area contributed by atoms with E-state index in [0.717, 1.165) is 26.1 Å². The summed E-state index contributed by atoms with van der Waals surface area (Å²) in [5, 5.41) is 0. The van der Waals surface area contributed by atoms with Gasteiger partial charge in [0.15, 0.2) is 0 Å². The van der Waals surface area contributed by atoms with Crippen LogP contribution in [-0.2, 0) is 18.0 Å². The predicted octanol–water partition coefficient (Wildman–Crippen LogP) is 3.07. The third-order valence-corrected chi connectivity index (χ3v) is 3.18. The molecule has 1 unspecified atom stereocenters. The molecule has 2 N–H and O–H groups in total. The molecule has 0 amide bonds. The Bertz CT molecular complexity index is 398. The molecule has 1 aromatic carbocycles. The summed E-state index contributed by atoms with van der Waals surface area (Å²) >= 11 is 0. The fourth-order valence-corrected chi connectivity index (χ4v) is 2.00. The van der Waals surface area contributed by atoms with E-state index < -0.39 is 0 Å². The van der Waals surface area contributed by atoms with E-state index in [2.05, 4.69) is 31.7 Å². The van der Waals surface area contributed by atoms with Crippen LogP contribution in [-0.4, -0.2) is 0 Å². The summed E-state index contributed by atoms with van der Waals surface area (Å²) in [4.78, 5) is 0. The zero-order valence-corrected chi connectivity index (χ0v) is 9.83. The molecule has 16 heavy (non-hydrogen) atoms. The third-order valence-electron chi connectivity index (χ3n) is 3.18. The van der Waals surface area contributed by atoms with Crippen molar-refractivity contribution in [2.24, 2.45) is 5.73 Å². The Hall–Kier alpha value is -1.12. The van der Waals surface area contributed by atoms with E-state index in [1.54, 1.807) is 0 Å². The maximum absolute atomic E-state index is 6.16. The molecule has 0 aromatic heterocycles. The van der Waals surface area contributed by atoms with Crippen LogP contribution in [0.25, 0.3) is 0 Å². The molecule has 2 heteroatoms. The maximum atomic E-state index is 6.16. The molecule has 2 nitrogen and oxygen atoms in total. The predicted molar refractivity (Wildman–Crippen MR) is 65.9 cm³/mol. The quantitative estimate of drug-likeness (QED) is 0.787. The standard InChI is InChI=1S/C14H19NO/c1-3-10(2)6-14(15)11-4-5-12-8-16-9-13(12)7-11/h4-5,7,14H,2-3,6,8-9,15H2,1H3. The van der Waals surface area contributed by atoms with Crippen LogP contribution in [0.4, 0.5) is 0 Å². The lowest BCUT2D eigenvalue weighted by Crippen LogP contribution is -2.11. The molecule has 1 heterocycles. The number of hydrogen-bond donors (Lipinski definition) is 1. The van der Waals surface area contributed by atoms with Crippen molar-refractivity contribution in [2.45, 2.75) is 39.0 Å². The Balaban J connectivity index is 2.12. The van der Waals surface area contributed by atoms with Crippen molar-refractivity contribution in [1.82, 2.24) is 0 Å². The molecule has 0 saturated heterocycles. The molecule has 1 aliphatic rings. The van der Waals surface area contributed by atoms with Crippen molar-refractivity contribution >= 4 is 0 Å². The number of nitrogens with two attached hydrogens (primary N) is 1. The van der Waals surface area contributed by atoms with Gasteiger partial charge in [0.1, 0.15) is 0 Å². The van der Waals surface area contributed by atoms with Gasteiger partial charge in [-0.15, -0.1) is 0 Å². The zero-order valence-electron chi connectivity index (χ0n) is 9.83. The summed E-state index contributed by atoms with van der Waals surface area (Å²) in [6.07, 6.45) is 1.87. The molecule has 0 saturated carbocycles. The van der Waals surface area contributed by atoms with Crippen molar-refractivity contribution in [3.05, 3.63) is 47.0 Å². The highest BCUT2D eigenvalue weighted by atomic mass is 16.5. The smallest absolute Gasteiger partial charge is 0.0725 e. The van der Waals surface area contributed by atoms with Gasteiger partial charge in [-0.2, -0.15) is 0 Å². The summed E-state index contributed by atoms with van der Waals surface area (Å²) in [6.45, 7) is 7.59. The summed E-state index contributed by atoms with van der Waals surface area (Å²) < 4.78 is 5.39. The van der Waals surface area contributed by atoms with Crippen molar-refractivity contribution < 1.29 is 4.74 Å². The molecule has 0 fully saturated rings. The Labute approximate surface area is 97.1 Å². The molecule has 1 atom stereocenters. The summed E-state index contributed by atoms with van der Waals surface area (Å²) in [7, 11) is 0. The van der Waals surface area contributed by atoms with Crippen LogP contribution in [0.2, 0.25) is 0 Å². The van der Waals surface area contributed by atoms with E-state index in [9.17, 15) is 0 Å². The minimum absolute atomic E-state index is 0.0679. The average Bonchev–Trinajstić information content (AvgIpc) is 2.75. The first kappa shape index (κ1) is 11.4. The fourth-order valence-electron chi connectivity index (χ4n) is 2.00. The molecule has 1 aromatic rings. The van der Waals surface area contributed by atoms with Gasteiger partial charge in [-0.3, -0.25) is 0 Å². The largest absolute Gasteiger partial charge is 0.372 e. The monoisotopic (exact) mass is 217 g/mol. The van der Waals surface area contributed by atoms with Gasteiger partial charge in [-0.1, -0.05) is 37.3 Å². The molecule has 0 spiro atoms. The lowest BCUT2D eigenvalue weighted by molar-refractivity contribution is 0.134. The highest BCUT2D eigenvalue weighted by Gasteiger charge is 2.14. The van der Waals surface area contributed by atoms with Crippen LogP contribution in [0.15, 0.2) is 30.4 Å². The van der Waals surface area contributed by atoms with E-state index in [1.807, 2.05) is 0 Å². The van der Waals surface area contributed by atoms with E-state index >= 15 is 0 Å². The molecule has 2 rings (SSSR count). The SMILES string of the molecule is C=C(CC)CC(N)c1ccc2c(c1)COC2. The van der Waals surface area contributed by atoms with E-state index in [4.69, 9.17) is 10.5 Å². The summed E-state index contributed by atoms with van der Waals surface area (Å²) in [5.74, 6) is 0. The third kappa shape index (κ3) is 2.34. The van der Waals surface area contributed by atoms with Crippen LogP contribution in [0, 0.1) is 0 Å². The molecule has 1 aliphatic heterocycles. The van der Waals surface area contributed by atoms with Crippen molar-refractivity contribution in [3.8, 4) is 0 Å². The zero-order chi connectivity index (χ0) is 11.5. The average molecular weight is 217 g/mol. The topological polar surface area (TPSA) is 35.2 Å². The molecule has 0 radical (unpaired) electrons. The van der Waals surface area contributed by atoms with Gasteiger partial charge < -0.3 is 10.5 Å².